The second kappa shape index (κ2) is 15.5. The Morgan fingerprint density at radius 1 is 1.02 bits per heavy atom. The van der Waals surface area contributed by atoms with Crippen molar-refractivity contribution in [2.75, 3.05) is 45.9 Å². The lowest BCUT2D eigenvalue weighted by atomic mass is 10.1. The van der Waals surface area contributed by atoms with Gasteiger partial charge in [0.2, 0.25) is 11.8 Å². The number of carbonyl (C=O) groups excluding carboxylic acids is 5. The highest BCUT2D eigenvalue weighted by Crippen LogP contribution is 2.29. The number of halogens is 1. The van der Waals surface area contributed by atoms with Crippen LogP contribution in [0.3, 0.4) is 0 Å². The molecule has 1 aromatic heterocycles. The lowest BCUT2D eigenvalue weighted by Gasteiger charge is -2.35. The van der Waals surface area contributed by atoms with E-state index in [4.69, 9.17) is 9.47 Å². The number of benzene rings is 1. The van der Waals surface area contributed by atoms with Crippen molar-refractivity contribution >= 4 is 46.6 Å². The number of hydrogen-bond acceptors (Lipinski definition) is 9. The lowest BCUT2D eigenvalue weighted by molar-refractivity contribution is -0.140. The summed E-state index contributed by atoms with van der Waals surface area (Å²) in [6, 6.07) is 2.15. The quantitative estimate of drug-likeness (QED) is 0.296. The number of aromatic nitrogens is 1. The number of fused-ring (bicyclic) bond motifs is 1. The van der Waals surface area contributed by atoms with E-state index >= 15 is 0 Å². The maximum atomic E-state index is 14.7. The van der Waals surface area contributed by atoms with Gasteiger partial charge in [0.25, 0.3) is 11.8 Å². The van der Waals surface area contributed by atoms with Gasteiger partial charge >= 0.3 is 12.1 Å². The van der Waals surface area contributed by atoms with Gasteiger partial charge in [-0.15, -0.1) is 0 Å². The highest BCUT2D eigenvalue weighted by atomic mass is 19.1. The zero-order valence-corrected chi connectivity index (χ0v) is 27.5. The summed E-state index contributed by atoms with van der Waals surface area (Å²) >= 11 is 0. The summed E-state index contributed by atoms with van der Waals surface area (Å²) in [5.41, 5.74) is 0.238. The molecule has 3 heterocycles. The van der Waals surface area contributed by atoms with Gasteiger partial charge in [-0.25, -0.2) is 14.2 Å². The Morgan fingerprint density at radius 2 is 1.73 bits per heavy atom. The van der Waals surface area contributed by atoms with Crippen LogP contribution in [0, 0.1) is 12.7 Å². The van der Waals surface area contributed by atoms with Gasteiger partial charge in [0.15, 0.2) is 6.61 Å². The first-order chi connectivity index (χ1) is 23.4. The van der Waals surface area contributed by atoms with Crippen molar-refractivity contribution in [3.63, 3.8) is 0 Å². The third-order valence-electron chi connectivity index (χ3n) is 8.80. The molecule has 264 valence electrons. The predicted molar refractivity (Wildman–Crippen MR) is 171 cm³/mol. The van der Waals surface area contributed by atoms with Crippen molar-refractivity contribution in [2.45, 2.75) is 70.5 Å². The molecule has 2 saturated heterocycles. The van der Waals surface area contributed by atoms with E-state index in [1.807, 2.05) is 0 Å². The minimum Gasteiger partial charge on any atom is -0.483 e. The monoisotopic (exact) mass is 684 g/mol. The number of pyridine rings is 1. The fourth-order valence-electron chi connectivity index (χ4n) is 5.94. The SMILES string of the molecule is CCOC(=O)N1CCN(C(=O)C(CCC(=O)O)NC(=O)c2cc(OCC(=O)N3CCCC3C(=O)NC3CC3)c3cc(F)c(C)cc3n2)CC1. The first kappa shape index (κ1) is 35.3. The van der Waals surface area contributed by atoms with Gasteiger partial charge in [0.1, 0.15) is 29.3 Å². The Balaban J connectivity index is 1.32. The third kappa shape index (κ3) is 8.72. The van der Waals surface area contributed by atoms with E-state index in [-0.39, 0.29) is 79.1 Å². The molecule has 2 aromatic rings. The van der Waals surface area contributed by atoms with E-state index in [1.54, 1.807) is 6.92 Å². The van der Waals surface area contributed by atoms with Gasteiger partial charge in [-0.1, -0.05) is 0 Å². The molecule has 5 rings (SSSR count). The van der Waals surface area contributed by atoms with Crippen LogP contribution in [0.5, 0.6) is 5.75 Å². The molecule has 0 bridgehead atoms. The van der Waals surface area contributed by atoms with Crippen LogP contribution in [0.4, 0.5) is 9.18 Å². The number of carboxylic acid groups (broad SMARTS) is 1. The van der Waals surface area contributed by atoms with E-state index in [0.717, 1.165) is 12.8 Å². The van der Waals surface area contributed by atoms with Gasteiger partial charge in [0, 0.05) is 56.6 Å². The van der Waals surface area contributed by atoms with Gasteiger partial charge < -0.3 is 39.9 Å². The van der Waals surface area contributed by atoms with Crippen LogP contribution in [-0.2, 0) is 23.9 Å². The highest BCUT2D eigenvalue weighted by Gasteiger charge is 2.37. The molecule has 0 radical (unpaired) electrons. The molecular weight excluding hydrogens is 643 g/mol. The summed E-state index contributed by atoms with van der Waals surface area (Å²) in [5, 5.41) is 15.0. The predicted octanol–water partition coefficient (Wildman–Crippen LogP) is 1.59. The maximum absolute atomic E-state index is 14.7. The van der Waals surface area contributed by atoms with Crippen LogP contribution < -0.4 is 15.4 Å². The number of hydrogen-bond donors (Lipinski definition) is 3. The minimum atomic E-state index is -1.23. The van der Waals surface area contributed by atoms with Crippen molar-refractivity contribution < 1.29 is 47.7 Å². The molecule has 2 unspecified atom stereocenters. The Bertz CT molecular complexity index is 1630. The summed E-state index contributed by atoms with van der Waals surface area (Å²) in [7, 11) is 0. The lowest BCUT2D eigenvalue weighted by Crippen LogP contribution is -2.56. The van der Waals surface area contributed by atoms with Crippen LogP contribution in [-0.4, -0.2) is 125 Å². The van der Waals surface area contributed by atoms with Crippen molar-refractivity contribution in [1.29, 1.82) is 0 Å². The van der Waals surface area contributed by atoms with Crippen LogP contribution >= 0.6 is 0 Å². The van der Waals surface area contributed by atoms with E-state index < -0.39 is 60.7 Å². The number of nitrogens with zero attached hydrogens (tertiary/aromatic N) is 4. The van der Waals surface area contributed by atoms with Crippen molar-refractivity contribution in [3.05, 3.63) is 35.3 Å². The number of carboxylic acids is 1. The molecule has 3 fully saturated rings. The number of ether oxygens (including phenoxy) is 2. The van der Waals surface area contributed by atoms with Crippen molar-refractivity contribution in [1.82, 2.24) is 30.3 Å². The molecule has 3 aliphatic rings. The standard InChI is InChI=1S/C33H41FN6O9/c1-3-48-33(47)39-13-11-38(12-14-39)32(46)23(8-9-29(42)43)37-30(44)25-17-27(21-16-22(34)19(2)15-24(21)36-25)49-18-28(41)40-10-4-5-26(40)31(45)35-20-6-7-20/h15-17,20,23,26H,3-14,18H2,1-2H3,(H,35,45)(H,37,44)(H,42,43). The Kier molecular flexibility index (Phi) is 11.1. The zero-order valence-electron chi connectivity index (χ0n) is 27.5. The van der Waals surface area contributed by atoms with E-state index in [2.05, 4.69) is 15.6 Å². The van der Waals surface area contributed by atoms with Gasteiger partial charge in [-0.2, -0.15) is 0 Å². The van der Waals surface area contributed by atoms with Gasteiger partial charge in [-0.05, 0) is 63.6 Å². The molecule has 1 aromatic carbocycles. The van der Waals surface area contributed by atoms with Crippen LogP contribution in [0.2, 0.25) is 0 Å². The number of aliphatic carboxylic acids is 1. The van der Waals surface area contributed by atoms with Crippen molar-refractivity contribution in [2.24, 2.45) is 0 Å². The molecule has 1 saturated carbocycles. The molecule has 1 aliphatic carbocycles. The fourth-order valence-corrected chi connectivity index (χ4v) is 5.94. The molecule has 0 spiro atoms. The molecule has 15 nitrogen and oxygen atoms in total. The van der Waals surface area contributed by atoms with E-state index in [9.17, 15) is 38.3 Å². The Labute approximate surface area is 282 Å². The number of rotatable bonds is 12. The maximum Gasteiger partial charge on any atom is 0.409 e. The molecule has 2 aliphatic heterocycles. The Hall–Kier alpha value is -5.02. The molecular formula is C33H41FN6O9. The topological polar surface area (TPSA) is 188 Å². The first-order valence-electron chi connectivity index (χ1n) is 16.5. The minimum absolute atomic E-state index is 0.0101. The number of amides is 5. The number of piperazine rings is 1. The number of nitrogens with one attached hydrogen (secondary N) is 2. The average Bonchev–Trinajstić information content (AvgIpc) is 3.75. The summed E-state index contributed by atoms with van der Waals surface area (Å²) < 4.78 is 25.6. The molecule has 16 heteroatoms. The summed E-state index contributed by atoms with van der Waals surface area (Å²) in [6.45, 7) is 4.03. The van der Waals surface area contributed by atoms with E-state index in [1.165, 1.54) is 39.8 Å². The van der Waals surface area contributed by atoms with Crippen LogP contribution in [0.25, 0.3) is 10.9 Å². The molecule has 3 N–H and O–H groups in total. The number of aryl methyl sites for hydroxylation is 1. The highest BCUT2D eigenvalue weighted by molar-refractivity contribution is 5.99. The van der Waals surface area contributed by atoms with E-state index in [0.29, 0.717) is 19.4 Å². The molecule has 5 amide bonds. The van der Waals surface area contributed by atoms with Crippen LogP contribution in [0.1, 0.15) is 61.5 Å². The second-order valence-electron chi connectivity index (χ2n) is 12.4. The largest absolute Gasteiger partial charge is 0.483 e. The zero-order chi connectivity index (χ0) is 35.2. The third-order valence-corrected chi connectivity index (χ3v) is 8.80. The van der Waals surface area contributed by atoms with Gasteiger partial charge in [0.05, 0.1) is 12.1 Å². The number of carbonyl (C=O) groups is 6. The van der Waals surface area contributed by atoms with Gasteiger partial charge in [-0.3, -0.25) is 24.0 Å². The summed E-state index contributed by atoms with van der Waals surface area (Å²) in [5.74, 6) is -3.71. The first-order valence-corrected chi connectivity index (χ1v) is 16.5. The van der Waals surface area contributed by atoms with Crippen molar-refractivity contribution in [3.8, 4) is 5.75 Å². The second-order valence-corrected chi connectivity index (χ2v) is 12.4. The van der Waals surface area contributed by atoms with Crippen LogP contribution in [0.15, 0.2) is 18.2 Å². The fraction of sp³-hybridized carbons (Fsp3) is 0.545. The normalized spacial score (nSPS) is 18.2. The summed E-state index contributed by atoms with van der Waals surface area (Å²) in [6.07, 6.45) is 1.90. The average molecular weight is 685 g/mol. The molecule has 49 heavy (non-hydrogen) atoms. The summed E-state index contributed by atoms with van der Waals surface area (Å²) in [4.78, 5) is 85.3. The molecule has 2 atom stereocenters. The Morgan fingerprint density at radius 3 is 2.41 bits per heavy atom. The number of likely N-dealkylation sites (tertiary alicyclic amines) is 1. The smallest absolute Gasteiger partial charge is 0.409 e.